The lowest BCUT2D eigenvalue weighted by Crippen LogP contribution is -2.47. The monoisotopic (exact) mass is 386 g/mol. The zero-order valence-electron chi connectivity index (χ0n) is 16.6. The van der Waals surface area contributed by atoms with Gasteiger partial charge in [-0.15, -0.1) is 0 Å². The molecule has 0 fully saturated rings. The molecule has 0 radical (unpaired) electrons. The van der Waals surface area contributed by atoms with E-state index in [0.717, 1.165) is 49.0 Å². The molecule has 0 spiro atoms. The lowest BCUT2D eigenvalue weighted by Gasteiger charge is -2.34. The molecule has 3 N–H and O–H groups in total. The third-order valence-electron chi connectivity index (χ3n) is 5.71. The minimum absolute atomic E-state index is 0.0176. The van der Waals surface area contributed by atoms with Crippen LogP contribution in [0.3, 0.4) is 0 Å². The van der Waals surface area contributed by atoms with Crippen molar-refractivity contribution in [2.24, 2.45) is 0 Å². The van der Waals surface area contributed by atoms with Crippen LogP contribution in [-0.4, -0.2) is 37.1 Å². The Labute approximate surface area is 166 Å². The van der Waals surface area contributed by atoms with E-state index in [1.54, 1.807) is 7.11 Å². The molecule has 0 bridgehead atoms. The lowest BCUT2D eigenvalue weighted by molar-refractivity contribution is -0.140. The van der Waals surface area contributed by atoms with Crippen LogP contribution in [0.4, 0.5) is 0 Å². The van der Waals surface area contributed by atoms with Crippen LogP contribution in [0.5, 0.6) is 5.75 Å². The van der Waals surface area contributed by atoms with E-state index in [1.807, 2.05) is 18.2 Å². The molecule has 0 saturated carbocycles. The predicted molar refractivity (Wildman–Crippen MR) is 107 cm³/mol. The molecule has 0 aliphatic heterocycles. The Morgan fingerprint density at radius 2 is 1.96 bits per heavy atom. The Morgan fingerprint density at radius 1 is 1.14 bits per heavy atom. The second-order valence-electron chi connectivity index (χ2n) is 7.70. The van der Waals surface area contributed by atoms with Gasteiger partial charge in [-0.1, -0.05) is 17.7 Å². The number of carbonyl (C=O) groups is 2. The summed E-state index contributed by atoms with van der Waals surface area (Å²) in [5.41, 5.74) is 2.01. The normalized spacial score (nSPS) is 21.3. The second kappa shape index (κ2) is 9.24. The third kappa shape index (κ3) is 4.93. The highest BCUT2D eigenvalue weighted by molar-refractivity contribution is 6.35. The molecule has 0 unspecified atom stereocenters. The zero-order valence-corrected chi connectivity index (χ0v) is 16.6. The first-order chi connectivity index (χ1) is 13.5. The van der Waals surface area contributed by atoms with E-state index in [0.29, 0.717) is 13.0 Å². The molecule has 3 rings (SSSR count). The number of aliphatic hydroxyl groups is 1. The van der Waals surface area contributed by atoms with Crippen LogP contribution in [-0.2, 0) is 21.6 Å². The Morgan fingerprint density at radius 3 is 2.71 bits per heavy atom. The summed E-state index contributed by atoms with van der Waals surface area (Å²) in [6, 6.07) is 5.58. The number of allylic oxidation sites excluding steroid dienone is 1. The van der Waals surface area contributed by atoms with Gasteiger partial charge in [-0.3, -0.25) is 9.59 Å². The van der Waals surface area contributed by atoms with Crippen LogP contribution in [0.1, 0.15) is 56.1 Å². The molecule has 0 heterocycles. The molecular formula is C22H30N2O4. The van der Waals surface area contributed by atoms with Gasteiger partial charge in [0.2, 0.25) is 0 Å². The molecule has 6 heteroatoms. The first-order valence-corrected chi connectivity index (χ1v) is 10.2. The Balaban J connectivity index is 1.51. The summed E-state index contributed by atoms with van der Waals surface area (Å²) in [7, 11) is 1.61. The van der Waals surface area contributed by atoms with Gasteiger partial charge in [0.1, 0.15) is 11.4 Å². The highest BCUT2D eigenvalue weighted by atomic mass is 16.5. The Kier molecular flexibility index (Phi) is 6.73. The van der Waals surface area contributed by atoms with E-state index in [1.165, 1.54) is 18.4 Å². The van der Waals surface area contributed by atoms with Gasteiger partial charge < -0.3 is 20.5 Å². The van der Waals surface area contributed by atoms with Gasteiger partial charge in [0.15, 0.2) is 0 Å². The predicted octanol–water partition coefficient (Wildman–Crippen LogP) is 2.34. The maximum Gasteiger partial charge on any atom is 0.309 e. The molecule has 2 aliphatic rings. The van der Waals surface area contributed by atoms with Gasteiger partial charge in [0, 0.05) is 6.54 Å². The summed E-state index contributed by atoms with van der Waals surface area (Å²) in [6.45, 7) is 0.481. The molecule has 0 aromatic heterocycles. The molecular weight excluding hydrogens is 356 g/mol. The molecule has 1 aromatic carbocycles. The van der Waals surface area contributed by atoms with Crippen molar-refractivity contribution in [1.29, 1.82) is 0 Å². The van der Waals surface area contributed by atoms with Crippen molar-refractivity contribution in [3.63, 3.8) is 0 Å². The minimum atomic E-state index is -1.16. The number of aryl methyl sites for hydroxylation is 1. The molecule has 152 valence electrons. The molecule has 1 atom stereocenters. The fraction of sp³-hybridized carbons (Fsp3) is 0.545. The maximum atomic E-state index is 12.2. The molecule has 1 aromatic rings. The number of fused-ring (bicyclic) bond motifs is 1. The van der Waals surface area contributed by atoms with Crippen molar-refractivity contribution >= 4 is 11.8 Å². The number of ether oxygens (including phenoxy) is 1. The van der Waals surface area contributed by atoms with Crippen LogP contribution < -0.4 is 15.4 Å². The second-order valence-corrected chi connectivity index (χ2v) is 7.70. The van der Waals surface area contributed by atoms with Crippen LogP contribution in [0, 0.1) is 0 Å². The van der Waals surface area contributed by atoms with E-state index in [2.05, 4.69) is 16.7 Å². The summed E-state index contributed by atoms with van der Waals surface area (Å²) < 4.78 is 5.25. The van der Waals surface area contributed by atoms with Crippen LogP contribution in [0.2, 0.25) is 0 Å². The van der Waals surface area contributed by atoms with Gasteiger partial charge in [-0.05, 0) is 74.6 Å². The summed E-state index contributed by atoms with van der Waals surface area (Å²) in [6.07, 6.45) is 9.87. The van der Waals surface area contributed by atoms with Gasteiger partial charge in [-0.2, -0.15) is 0 Å². The Hall–Kier alpha value is -2.34. The third-order valence-corrected chi connectivity index (χ3v) is 5.71. The largest absolute Gasteiger partial charge is 0.497 e. The first-order valence-electron chi connectivity index (χ1n) is 10.2. The zero-order chi connectivity index (χ0) is 20.0. The van der Waals surface area contributed by atoms with Crippen molar-refractivity contribution in [2.75, 3.05) is 20.2 Å². The molecule has 2 amide bonds. The van der Waals surface area contributed by atoms with E-state index in [-0.39, 0.29) is 6.54 Å². The average molecular weight is 386 g/mol. The summed E-state index contributed by atoms with van der Waals surface area (Å²) in [4.78, 5) is 24.2. The fourth-order valence-corrected chi connectivity index (χ4v) is 4.10. The average Bonchev–Trinajstić information content (AvgIpc) is 2.72. The number of carbonyl (C=O) groups excluding carboxylic acids is 2. The van der Waals surface area contributed by atoms with Crippen molar-refractivity contribution in [3.05, 3.63) is 41.0 Å². The van der Waals surface area contributed by atoms with E-state index >= 15 is 0 Å². The number of hydrogen-bond donors (Lipinski definition) is 3. The number of nitrogens with one attached hydrogen (secondary N) is 2. The van der Waals surface area contributed by atoms with Gasteiger partial charge in [-0.25, -0.2) is 0 Å². The number of hydrogen-bond acceptors (Lipinski definition) is 4. The van der Waals surface area contributed by atoms with E-state index in [9.17, 15) is 14.7 Å². The number of amides is 2. The smallest absolute Gasteiger partial charge is 0.309 e. The highest BCUT2D eigenvalue weighted by Gasteiger charge is 2.35. The molecule has 0 saturated heterocycles. The summed E-state index contributed by atoms with van der Waals surface area (Å²) >= 11 is 0. The topological polar surface area (TPSA) is 87.7 Å². The van der Waals surface area contributed by atoms with Crippen LogP contribution in [0.15, 0.2) is 29.8 Å². The number of methoxy groups -OCH3 is 1. The SMILES string of the molecule is COc1ccc2c(c1)CCC[C@]2(O)CNC(=O)C(=O)NCCC1=CCCCC1. The lowest BCUT2D eigenvalue weighted by atomic mass is 9.79. The van der Waals surface area contributed by atoms with Crippen LogP contribution in [0.25, 0.3) is 0 Å². The van der Waals surface area contributed by atoms with Crippen LogP contribution >= 0.6 is 0 Å². The maximum absolute atomic E-state index is 12.2. The van der Waals surface area contributed by atoms with E-state index < -0.39 is 17.4 Å². The summed E-state index contributed by atoms with van der Waals surface area (Å²) in [5.74, 6) is -0.600. The quantitative estimate of drug-likeness (QED) is 0.517. The minimum Gasteiger partial charge on any atom is -0.497 e. The Bertz CT molecular complexity index is 759. The van der Waals surface area contributed by atoms with E-state index in [4.69, 9.17) is 4.74 Å². The number of benzene rings is 1. The van der Waals surface area contributed by atoms with Gasteiger partial charge >= 0.3 is 11.8 Å². The molecule has 2 aliphatic carbocycles. The first kappa shape index (κ1) is 20.4. The summed E-state index contributed by atoms with van der Waals surface area (Å²) in [5, 5.41) is 16.3. The highest BCUT2D eigenvalue weighted by Crippen LogP contribution is 2.36. The van der Waals surface area contributed by atoms with Crippen molar-refractivity contribution in [1.82, 2.24) is 10.6 Å². The molecule has 28 heavy (non-hydrogen) atoms. The van der Waals surface area contributed by atoms with Gasteiger partial charge in [0.25, 0.3) is 0 Å². The van der Waals surface area contributed by atoms with Crippen molar-refractivity contribution < 1.29 is 19.4 Å². The van der Waals surface area contributed by atoms with Gasteiger partial charge in [0.05, 0.1) is 13.7 Å². The fourth-order valence-electron chi connectivity index (χ4n) is 4.10. The van der Waals surface area contributed by atoms with Crippen molar-refractivity contribution in [3.8, 4) is 5.75 Å². The molecule has 6 nitrogen and oxygen atoms in total. The standard InChI is InChI=1S/C22H30N2O4/c1-28-18-9-10-19-17(14-18)8-5-12-22(19,27)15-24-21(26)20(25)23-13-11-16-6-3-2-4-7-16/h6,9-10,14,27H,2-5,7-8,11-13,15H2,1H3,(H,23,25)(H,24,26)/t22-/m0/s1. The number of rotatable bonds is 6. The van der Waals surface area contributed by atoms with Crippen molar-refractivity contribution in [2.45, 2.75) is 57.0 Å².